The molecule has 2 saturated heterocycles. The molecule has 2 aromatic carbocycles. The first-order valence-electron chi connectivity index (χ1n) is 13.3. The van der Waals surface area contributed by atoms with Gasteiger partial charge in [0.25, 0.3) is 5.91 Å². The maximum absolute atomic E-state index is 13.9. The molecule has 0 bridgehead atoms. The highest BCUT2D eigenvalue weighted by Crippen LogP contribution is 2.36. The Hall–Kier alpha value is -3.03. The predicted octanol–water partition coefficient (Wildman–Crippen LogP) is 3.71. The number of halogens is 3. The van der Waals surface area contributed by atoms with E-state index in [1.165, 1.54) is 4.31 Å². The summed E-state index contributed by atoms with van der Waals surface area (Å²) >= 11 is 0. The molecule has 0 aromatic heterocycles. The van der Waals surface area contributed by atoms with Gasteiger partial charge in [0, 0.05) is 57.1 Å². The number of hydroxylamine groups is 1. The number of anilines is 2. The van der Waals surface area contributed by atoms with E-state index in [-0.39, 0.29) is 39.0 Å². The highest BCUT2D eigenvalue weighted by atomic mass is 32.2. The van der Waals surface area contributed by atoms with Gasteiger partial charge in [-0.1, -0.05) is 17.7 Å². The number of piperazine rings is 1. The lowest BCUT2D eigenvalue weighted by molar-refractivity contribution is -0.136. The number of piperidine rings is 1. The first kappa shape index (κ1) is 29.9. The molecule has 220 valence electrons. The summed E-state index contributed by atoms with van der Waals surface area (Å²) < 4.78 is 69.5. The summed E-state index contributed by atoms with van der Waals surface area (Å²) in [7, 11) is -4.10. The highest BCUT2D eigenvalue weighted by Gasteiger charge is 2.55. The fourth-order valence-corrected chi connectivity index (χ4v) is 7.35. The Morgan fingerprint density at radius 1 is 0.925 bits per heavy atom. The minimum absolute atomic E-state index is 0.0403. The van der Waals surface area contributed by atoms with Crippen molar-refractivity contribution in [2.75, 3.05) is 55.7 Å². The number of rotatable bonds is 9. The van der Waals surface area contributed by atoms with Crippen LogP contribution < -0.4 is 20.0 Å². The van der Waals surface area contributed by atoms with Crippen LogP contribution in [0.5, 0.6) is 5.75 Å². The molecule has 2 aromatic rings. The van der Waals surface area contributed by atoms with E-state index < -0.39 is 33.3 Å². The van der Waals surface area contributed by atoms with Crippen molar-refractivity contribution in [3.63, 3.8) is 0 Å². The largest absolute Gasteiger partial charge is 0.494 e. The Balaban J connectivity index is 1.36. The Labute approximate surface area is 232 Å². The highest BCUT2D eigenvalue weighted by molar-refractivity contribution is 7.91. The number of benzene rings is 2. The van der Waals surface area contributed by atoms with Gasteiger partial charge in [-0.15, -0.1) is 0 Å². The molecule has 2 N–H and O–H groups in total. The van der Waals surface area contributed by atoms with E-state index in [0.29, 0.717) is 31.9 Å². The van der Waals surface area contributed by atoms with E-state index in [9.17, 15) is 31.6 Å². The monoisotopic (exact) mass is 584 g/mol. The van der Waals surface area contributed by atoms with Crippen LogP contribution >= 0.6 is 0 Å². The number of hydrogen-bond acceptors (Lipinski definition) is 7. The van der Waals surface area contributed by atoms with Crippen LogP contribution in [0.1, 0.15) is 31.2 Å². The van der Waals surface area contributed by atoms with E-state index in [0.717, 1.165) is 16.9 Å². The molecule has 0 saturated carbocycles. The second-order valence-corrected chi connectivity index (χ2v) is 12.5. The summed E-state index contributed by atoms with van der Waals surface area (Å²) in [6, 6.07) is 14.8. The number of nitrogens with zero attached hydrogens (tertiary/aromatic N) is 3. The molecule has 13 heteroatoms. The van der Waals surface area contributed by atoms with Gasteiger partial charge >= 0.3 is 6.18 Å². The summed E-state index contributed by atoms with van der Waals surface area (Å²) in [5.74, 6) is -0.453. The summed E-state index contributed by atoms with van der Waals surface area (Å²) in [6.07, 6.45) is -5.14. The first-order chi connectivity index (χ1) is 18.9. The molecule has 0 aliphatic carbocycles. The van der Waals surface area contributed by atoms with Gasteiger partial charge in [0.05, 0.1) is 6.61 Å². The molecule has 1 amide bonds. The minimum atomic E-state index is -4.21. The van der Waals surface area contributed by atoms with E-state index >= 15 is 0 Å². The summed E-state index contributed by atoms with van der Waals surface area (Å²) in [5.41, 5.74) is 4.50. The SMILES string of the molecule is Cc1ccc(N2CCC(C(=O)NO)(S(=O)(=O)N3CCN(c4ccc(OCCCC(F)(F)F)cc4)CC3)CC2)cc1. The lowest BCUT2D eigenvalue weighted by Gasteiger charge is -2.44. The van der Waals surface area contributed by atoms with E-state index in [2.05, 4.69) is 0 Å². The molecular formula is C27H35F3N4O5S. The first-order valence-corrected chi connectivity index (χ1v) is 14.7. The van der Waals surface area contributed by atoms with Gasteiger partial charge < -0.3 is 14.5 Å². The van der Waals surface area contributed by atoms with Crippen molar-refractivity contribution in [1.29, 1.82) is 0 Å². The van der Waals surface area contributed by atoms with Crippen LogP contribution in [0.15, 0.2) is 48.5 Å². The number of sulfonamides is 1. The van der Waals surface area contributed by atoms with Crippen LogP contribution in [-0.2, 0) is 14.8 Å². The zero-order chi connectivity index (χ0) is 29.0. The number of carbonyl (C=O) groups is 1. The topological polar surface area (TPSA) is 102 Å². The Bertz CT molecular complexity index is 1240. The molecule has 4 rings (SSSR count). The second kappa shape index (κ2) is 12.2. The van der Waals surface area contributed by atoms with Crippen LogP contribution in [0.4, 0.5) is 24.5 Å². The lowest BCUT2D eigenvalue weighted by Crippen LogP contribution is -2.63. The van der Waals surface area contributed by atoms with Crippen LogP contribution in [-0.4, -0.2) is 80.6 Å². The molecule has 0 atom stereocenters. The van der Waals surface area contributed by atoms with Gasteiger partial charge in [0.15, 0.2) is 4.75 Å². The normalized spacial score (nSPS) is 18.4. The van der Waals surface area contributed by atoms with Crippen LogP contribution in [0.3, 0.4) is 0 Å². The van der Waals surface area contributed by atoms with Crippen molar-refractivity contribution in [1.82, 2.24) is 9.79 Å². The number of aryl methyl sites for hydroxylation is 1. The molecule has 2 aliphatic heterocycles. The van der Waals surface area contributed by atoms with Crippen molar-refractivity contribution in [2.45, 2.75) is 43.5 Å². The molecule has 0 spiro atoms. The maximum Gasteiger partial charge on any atom is 0.389 e. The number of nitrogens with one attached hydrogen (secondary N) is 1. The number of ether oxygens (including phenoxy) is 1. The Morgan fingerprint density at radius 2 is 1.45 bits per heavy atom. The van der Waals surface area contributed by atoms with E-state index in [1.807, 2.05) is 41.0 Å². The zero-order valence-corrected chi connectivity index (χ0v) is 23.2. The van der Waals surface area contributed by atoms with Crippen molar-refractivity contribution in [3.8, 4) is 5.75 Å². The van der Waals surface area contributed by atoms with Gasteiger partial charge in [-0.3, -0.25) is 10.0 Å². The van der Waals surface area contributed by atoms with E-state index in [4.69, 9.17) is 4.74 Å². The van der Waals surface area contributed by atoms with Crippen LogP contribution in [0.2, 0.25) is 0 Å². The van der Waals surface area contributed by atoms with Gasteiger partial charge in [-0.2, -0.15) is 17.5 Å². The fraction of sp³-hybridized carbons (Fsp3) is 0.519. The molecular weight excluding hydrogens is 549 g/mol. The maximum atomic E-state index is 13.9. The van der Waals surface area contributed by atoms with Crippen molar-refractivity contribution in [3.05, 3.63) is 54.1 Å². The molecule has 2 heterocycles. The minimum Gasteiger partial charge on any atom is -0.494 e. The third-order valence-corrected chi connectivity index (χ3v) is 10.3. The lowest BCUT2D eigenvalue weighted by atomic mass is 9.94. The number of hydrogen-bond donors (Lipinski definition) is 2. The Morgan fingerprint density at radius 3 is 1.98 bits per heavy atom. The van der Waals surface area contributed by atoms with Crippen molar-refractivity contribution in [2.24, 2.45) is 0 Å². The standard InChI is InChI=1S/C27H35F3N4O5S/c1-21-3-5-22(6-4-21)32-14-12-26(13-15-32,25(35)31-36)40(37,38)34-18-16-33(17-19-34)23-7-9-24(10-8-23)39-20-2-11-27(28,29)30/h3-10,36H,2,11-20H2,1H3,(H,31,35). The van der Waals surface area contributed by atoms with Gasteiger partial charge in [0.2, 0.25) is 10.0 Å². The van der Waals surface area contributed by atoms with Crippen molar-refractivity contribution < 1.29 is 36.3 Å². The molecule has 0 unspecified atom stereocenters. The zero-order valence-electron chi connectivity index (χ0n) is 22.4. The van der Waals surface area contributed by atoms with Crippen molar-refractivity contribution >= 4 is 27.3 Å². The van der Waals surface area contributed by atoms with Crippen LogP contribution in [0, 0.1) is 6.92 Å². The molecule has 9 nitrogen and oxygen atoms in total. The fourth-order valence-electron chi connectivity index (χ4n) is 5.24. The summed E-state index contributed by atoms with van der Waals surface area (Å²) in [5, 5.41) is 9.48. The summed E-state index contributed by atoms with van der Waals surface area (Å²) in [6.45, 7) is 3.75. The Kier molecular flexibility index (Phi) is 9.16. The molecule has 0 radical (unpaired) electrons. The smallest absolute Gasteiger partial charge is 0.389 e. The molecule has 40 heavy (non-hydrogen) atoms. The van der Waals surface area contributed by atoms with Gasteiger partial charge in [-0.05, 0) is 62.6 Å². The second-order valence-electron chi connectivity index (χ2n) is 10.2. The van der Waals surface area contributed by atoms with Crippen LogP contribution in [0.25, 0.3) is 0 Å². The number of carbonyl (C=O) groups excluding carboxylic acids is 1. The average molecular weight is 585 g/mol. The quantitative estimate of drug-likeness (QED) is 0.263. The molecule has 2 fully saturated rings. The van der Waals surface area contributed by atoms with Gasteiger partial charge in [-0.25, -0.2) is 13.9 Å². The number of alkyl halides is 3. The van der Waals surface area contributed by atoms with E-state index in [1.54, 1.807) is 29.7 Å². The van der Waals surface area contributed by atoms with Gasteiger partial charge in [0.1, 0.15) is 5.75 Å². The predicted molar refractivity (Wildman–Crippen MR) is 145 cm³/mol. The third kappa shape index (κ3) is 6.64. The summed E-state index contributed by atoms with van der Waals surface area (Å²) in [4.78, 5) is 16.9. The average Bonchev–Trinajstić information content (AvgIpc) is 2.95. The molecule has 2 aliphatic rings. The number of amides is 1. The third-order valence-electron chi connectivity index (χ3n) is 7.63.